The van der Waals surface area contributed by atoms with Crippen LogP contribution in [-0.4, -0.2) is 56.6 Å². The molecule has 0 saturated carbocycles. The van der Waals surface area contributed by atoms with Crippen molar-refractivity contribution in [2.75, 3.05) is 39.0 Å². The average Bonchev–Trinajstić information content (AvgIpc) is 2.63. The topological polar surface area (TPSA) is 40.6 Å². The van der Waals surface area contributed by atoms with Crippen molar-refractivity contribution in [1.82, 2.24) is 9.21 Å². The molecule has 0 aromatic heterocycles. The molecule has 1 atom stereocenters. The number of hydrogen-bond acceptors (Lipinski definition) is 3. The normalized spacial score (nSPS) is 28.5. The fraction of sp³-hybridized carbons (Fsp3) is 1.00. The van der Waals surface area contributed by atoms with Gasteiger partial charge < -0.3 is 4.90 Å². The van der Waals surface area contributed by atoms with Gasteiger partial charge in [-0.25, -0.2) is 12.7 Å². The van der Waals surface area contributed by atoms with Gasteiger partial charge in [0.25, 0.3) is 0 Å². The average molecular weight is 260 g/mol. The zero-order valence-electron chi connectivity index (χ0n) is 10.9. The van der Waals surface area contributed by atoms with Gasteiger partial charge in [0, 0.05) is 26.2 Å². The van der Waals surface area contributed by atoms with E-state index in [1.807, 2.05) is 0 Å². The van der Waals surface area contributed by atoms with E-state index in [4.69, 9.17) is 0 Å². The monoisotopic (exact) mass is 260 g/mol. The second kappa shape index (κ2) is 5.24. The lowest BCUT2D eigenvalue weighted by molar-refractivity contribution is 0.0914. The van der Waals surface area contributed by atoms with E-state index in [0.29, 0.717) is 5.92 Å². The molecule has 0 radical (unpaired) electrons. The Morgan fingerprint density at radius 1 is 1.18 bits per heavy atom. The summed E-state index contributed by atoms with van der Waals surface area (Å²) in [6.45, 7) is 7.37. The Hall–Kier alpha value is -0.130. The maximum absolute atomic E-state index is 11.4. The Balaban J connectivity index is 1.66. The second-order valence-electron chi connectivity index (χ2n) is 5.60. The molecule has 100 valence electrons. The van der Waals surface area contributed by atoms with Gasteiger partial charge in [-0.15, -0.1) is 0 Å². The molecule has 5 heteroatoms. The first kappa shape index (κ1) is 13.3. The molecule has 0 N–H and O–H groups in total. The summed E-state index contributed by atoms with van der Waals surface area (Å²) in [4.78, 5) is 2.50. The fourth-order valence-electron chi connectivity index (χ4n) is 2.82. The standard InChI is InChI=1S/C12H24N2O2S/c1-3-11-8-13(9-11)6-4-12-5-7-14(10-12)17(2,15)16/h11-12H,3-10H2,1-2H3. The SMILES string of the molecule is CCC1CN(CCC2CCN(S(C)(=O)=O)C2)C1. The number of rotatable bonds is 5. The number of hydrogen-bond donors (Lipinski definition) is 0. The third-order valence-corrected chi connectivity index (χ3v) is 5.45. The van der Waals surface area contributed by atoms with Gasteiger partial charge in [-0.2, -0.15) is 0 Å². The molecule has 0 aromatic rings. The van der Waals surface area contributed by atoms with Gasteiger partial charge in [-0.1, -0.05) is 13.3 Å². The van der Waals surface area contributed by atoms with Gasteiger partial charge in [0.05, 0.1) is 6.26 Å². The molecular weight excluding hydrogens is 236 g/mol. The summed E-state index contributed by atoms with van der Waals surface area (Å²) >= 11 is 0. The number of nitrogens with zero attached hydrogens (tertiary/aromatic N) is 2. The zero-order chi connectivity index (χ0) is 12.5. The quantitative estimate of drug-likeness (QED) is 0.740. The van der Waals surface area contributed by atoms with Crippen LogP contribution in [0, 0.1) is 11.8 Å². The van der Waals surface area contributed by atoms with E-state index in [1.54, 1.807) is 4.31 Å². The van der Waals surface area contributed by atoms with E-state index in [9.17, 15) is 8.42 Å². The molecule has 0 aliphatic carbocycles. The van der Waals surface area contributed by atoms with Crippen molar-refractivity contribution in [3.05, 3.63) is 0 Å². The number of likely N-dealkylation sites (tertiary alicyclic amines) is 1. The van der Waals surface area contributed by atoms with Crippen molar-refractivity contribution in [3.8, 4) is 0 Å². The highest BCUT2D eigenvalue weighted by atomic mass is 32.2. The van der Waals surface area contributed by atoms with E-state index in [0.717, 1.165) is 38.4 Å². The molecule has 0 spiro atoms. The Labute approximate surface area is 105 Å². The smallest absolute Gasteiger partial charge is 0.211 e. The molecule has 2 aliphatic rings. The summed E-state index contributed by atoms with van der Waals surface area (Å²) in [7, 11) is -2.96. The zero-order valence-corrected chi connectivity index (χ0v) is 11.7. The summed E-state index contributed by atoms with van der Waals surface area (Å²) in [5.74, 6) is 1.48. The molecule has 1 unspecified atom stereocenters. The van der Waals surface area contributed by atoms with Crippen LogP contribution in [0.25, 0.3) is 0 Å². The van der Waals surface area contributed by atoms with Crippen LogP contribution in [0.4, 0.5) is 0 Å². The highest BCUT2D eigenvalue weighted by Crippen LogP contribution is 2.24. The molecule has 2 heterocycles. The van der Waals surface area contributed by atoms with Crippen LogP contribution in [0.5, 0.6) is 0 Å². The van der Waals surface area contributed by atoms with Crippen molar-refractivity contribution >= 4 is 10.0 Å². The minimum Gasteiger partial charge on any atom is -0.303 e. The van der Waals surface area contributed by atoms with Crippen molar-refractivity contribution in [3.63, 3.8) is 0 Å². The summed E-state index contributed by atoms with van der Waals surface area (Å²) in [6.07, 6.45) is 4.80. The largest absolute Gasteiger partial charge is 0.303 e. The molecular formula is C12H24N2O2S. The maximum Gasteiger partial charge on any atom is 0.211 e. The third kappa shape index (κ3) is 3.42. The molecule has 0 amide bonds. The summed E-state index contributed by atoms with van der Waals surface area (Å²) < 4.78 is 24.4. The Bertz CT molecular complexity index is 350. The van der Waals surface area contributed by atoms with E-state index >= 15 is 0 Å². The summed E-state index contributed by atoms with van der Waals surface area (Å²) in [6, 6.07) is 0. The van der Waals surface area contributed by atoms with E-state index in [2.05, 4.69) is 11.8 Å². The maximum atomic E-state index is 11.4. The van der Waals surface area contributed by atoms with Crippen LogP contribution >= 0.6 is 0 Å². The van der Waals surface area contributed by atoms with Crippen LogP contribution in [0.3, 0.4) is 0 Å². The predicted octanol–water partition coefficient (Wildman–Crippen LogP) is 1.000. The third-order valence-electron chi connectivity index (χ3n) is 4.18. The van der Waals surface area contributed by atoms with Crippen LogP contribution in [-0.2, 0) is 10.0 Å². The van der Waals surface area contributed by atoms with Crippen LogP contribution in [0.1, 0.15) is 26.2 Å². The Kier molecular flexibility index (Phi) is 4.10. The first-order valence-corrected chi connectivity index (χ1v) is 8.51. The van der Waals surface area contributed by atoms with E-state index in [-0.39, 0.29) is 0 Å². The summed E-state index contributed by atoms with van der Waals surface area (Å²) in [5, 5.41) is 0. The minimum atomic E-state index is -2.96. The van der Waals surface area contributed by atoms with Gasteiger partial charge in [-0.3, -0.25) is 0 Å². The van der Waals surface area contributed by atoms with Gasteiger partial charge in [-0.05, 0) is 31.2 Å². The lowest BCUT2D eigenvalue weighted by Crippen LogP contribution is -2.46. The van der Waals surface area contributed by atoms with Crippen LogP contribution in [0.15, 0.2) is 0 Å². The molecule has 4 nitrogen and oxygen atoms in total. The molecule has 2 aliphatic heterocycles. The van der Waals surface area contributed by atoms with E-state index in [1.165, 1.54) is 25.8 Å². The summed E-state index contributed by atoms with van der Waals surface area (Å²) in [5.41, 5.74) is 0. The predicted molar refractivity (Wildman–Crippen MR) is 69.4 cm³/mol. The molecule has 2 fully saturated rings. The first-order valence-electron chi connectivity index (χ1n) is 6.66. The van der Waals surface area contributed by atoms with Gasteiger partial charge >= 0.3 is 0 Å². The first-order chi connectivity index (χ1) is 7.99. The van der Waals surface area contributed by atoms with Gasteiger partial charge in [0.1, 0.15) is 0 Å². The minimum absolute atomic E-state index is 0.574. The van der Waals surface area contributed by atoms with E-state index < -0.39 is 10.0 Å². The molecule has 0 bridgehead atoms. The van der Waals surface area contributed by atoms with Gasteiger partial charge in [0.15, 0.2) is 0 Å². The Morgan fingerprint density at radius 2 is 1.88 bits per heavy atom. The van der Waals surface area contributed by atoms with Crippen molar-refractivity contribution in [1.29, 1.82) is 0 Å². The van der Waals surface area contributed by atoms with Crippen molar-refractivity contribution in [2.45, 2.75) is 26.2 Å². The fourth-order valence-corrected chi connectivity index (χ4v) is 3.74. The lowest BCUT2D eigenvalue weighted by Gasteiger charge is -2.39. The Morgan fingerprint density at radius 3 is 2.41 bits per heavy atom. The van der Waals surface area contributed by atoms with Crippen molar-refractivity contribution < 1.29 is 8.42 Å². The lowest BCUT2D eigenvalue weighted by atomic mass is 9.96. The second-order valence-corrected chi connectivity index (χ2v) is 7.58. The molecule has 0 aromatic carbocycles. The highest BCUT2D eigenvalue weighted by Gasteiger charge is 2.30. The molecule has 2 saturated heterocycles. The highest BCUT2D eigenvalue weighted by molar-refractivity contribution is 7.88. The molecule has 2 rings (SSSR count). The van der Waals surface area contributed by atoms with Gasteiger partial charge in [0.2, 0.25) is 10.0 Å². The van der Waals surface area contributed by atoms with Crippen molar-refractivity contribution in [2.24, 2.45) is 11.8 Å². The van der Waals surface area contributed by atoms with Crippen LogP contribution < -0.4 is 0 Å². The number of sulfonamides is 1. The molecule has 17 heavy (non-hydrogen) atoms. The van der Waals surface area contributed by atoms with Crippen LogP contribution in [0.2, 0.25) is 0 Å².